The van der Waals surface area contributed by atoms with Crippen LogP contribution < -0.4 is 5.32 Å². The Labute approximate surface area is 123 Å². The molecule has 0 saturated carbocycles. The lowest BCUT2D eigenvalue weighted by Crippen LogP contribution is -2.19. The van der Waals surface area contributed by atoms with Crippen molar-refractivity contribution in [2.45, 2.75) is 37.6 Å². The largest absolute Gasteiger partial charge is 0.310 e. The minimum absolute atomic E-state index is 0.452. The third kappa shape index (κ3) is 7.00. The van der Waals surface area contributed by atoms with Gasteiger partial charge in [0.15, 0.2) is 0 Å². The smallest absolute Gasteiger partial charge is 0.0291 e. The molecule has 0 amide bonds. The van der Waals surface area contributed by atoms with Crippen molar-refractivity contribution in [3.05, 3.63) is 29.8 Å². The Morgan fingerprint density at radius 1 is 1.21 bits per heavy atom. The molecule has 0 aliphatic carbocycles. The fourth-order valence-corrected chi connectivity index (χ4v) is 2.74. The van der Waals surface area contributed by atoms with Crippen LogP contribution in [-0.2, 0) is 0 Å². The van der Waals surface area contributed by atoms with E-state index in [-0.39, 0.29) is 0 Å². The highest BCUT2D eigenvalue weighted by Gasteiger charge is 2.03. The van der Waals surface area contributed by atoms with Crippen LogP contribution >= 0.6 is 11.8 Å². The molecule has 0 fully saturated rings. The van der Waals surface area contributed by atoms with Crippen molar-refractivity contribution in [2.24, 2.45) is 0 Å². The lowest BCUT2D eigenvalue weighted by atomic mass is 10.1. The maximum atomic E-state index is 3.52. The zero-order valence-electron chi connectivity index (χ0n) is 12.8. The second kappa shape index (κ2) is 9.40. The molecule has 0 radical (unpaired) electrons. The monoisotopic (exact) mass is 280 g/mol. The van der Waals surface area contributed by atoms with E-state index >= 15 is 0 Å². The zero-order valence-corrected chi connectivity index (χ0v) is 13.6. The summed E-state index contributed by atoms with van der Waals surface area (Å²) in [4.78, 5) is 3.62. The molecule has 1 N–H and O–H groups in total. The average Bonchev–Trinajstić information content (AvgIpc) is 2.41. The second-order valence-electron chi connectivity index (χ2n) is 5.25. The van der Waals surface area contributed by atoms with E-state index in [2.05, 4.69) is 62.4 Å². The van der Waals surface area contributed by atoms with Gasteiger partial charge in [0.2, 0.25) is 0 Å². The molecule has 1 atom stereocenters. The van der Waals surface area contributed by atoms with Gasteiger partial charge < -0.3 is 10.2 Å². The van der Waals surface area contributed by atoms with Crippen molar-refractivity contribution in [3.63, 3.8) is 0 Å². The standard InChI is InChI=1S/C16H28N2S/c1-5-11-17-14(2)15-7-9-16(10-8-15)19-13-6-12-18(3)4/h7-10,14,17H,5-6,11-13H2,1-4H3. The topological polar surface area (TPSA) is 15.3 Å². The molecule has 0 heterocycles. The molecule has 0 aliphatic rings. The lowest BCUT2D eigenvalue weighted by molar-refractivity contribution is 0.410. The molecular formula is C16H28N2S. The Bertz CT molecular complexity index is 335. The minimum atomic E-state index is 0.452. The molecule has 0 saturated heterocycles. The molecule has 108 valence electrons. The van der Waals surface area contributed by atoms with Crippen molar-refractivity contribution >= 4 is 11.8 Å². The van der Waals surface area contributed by atoms with Gasteiger partial charge in [-0.25, -0.2) is 0 Å². The fourth-order valence-electron chi connectivity index (χ4n) is 1.90. The van der Waals surface area contributed by atoms with Crippen molar-refractivity contribution < 1.29 is 0 Å². The van der Waals surface area contributed by atoms with Crippen LogP contribution in [0.5, 0.6) is 0 Å². The summed E-state index contributed by atoms with van der Waals surface area (Å²) in [6, 6.07) is 9.45. The highest BCUT2D eigenvalue weighted by Crippen LogP contribution is 2.21. The maximum Gasteiger partial charge on any atom is 0.0291 e. The summed E-state index contributed by atoms with van der Waals surface area (Å²) in [5, 5.41) is 3.52. The van der Waals surface area contributed by atoms with E-state index in [0.29, 0.717) is 6.04 Å². The molecule has 19 heavy (non-hydrogen) atoms. The van der Waals surface area contributed by atoms with Gasteiger partial charge in [-0.3, -0.25) is 0 Å². The molecule has 1 unspecified atom stereocenters. The number of hydrogen-bond acceptors (Lipinski definition) is 3. The molecule has 2 nitrogen and oxygen atoms in total. The first-order valence-corrected chi connectivity index (χ1v) is 8.23. The van der Waals surface area contributed by atoms with E-state index in [0.717, 1.165) is 6.54 Å². The van der Waals surface area contributed by atoms with E-state index in [9.17, 15) is 0 Å². The number of nitrogens with one attached hydrogen (secondary N) is 1. The van der Waals surface area contributed by atoms with Gasteiger partial charge in [0.1, 0.15) is 0 Å². The zero-order chi connectivity index (χ0) is 14.1. The third-order valence-electron chi connectivity index (χ3n) is 3.10. The quantitative estimate of drug-likeness (QED) is 0.547. The summed E-state index contributed by atoms with van der Waals surface area (Å²) in [7, 11) is 4.26. The third-order valence-corrected chi connectivity index (χ3v) is 4.20. The van der Waals surface area contributed by atoms with Gasteiger partial charge in [-0.1, -0.05) is 19.1 Å². The molecule has 1 aromatic rings. The highest BCUT2D eigenvalue weighted by molar-refractivity contribution is 7.99. The summed E-state index contributed by atoms with van der Waals surface area (Å²) in [6.45, 7) is 6.69. The Morgan fingerprint density at radius 3 is 2.47 bits per heavy atom. The van der Waals surface area contributed by atoms with Crippen LogP contribution in [-0.4, -0.2) is 37.8 Å². The van der Waals surface area contributed by atoms with Gasteiger partial charge in [-0.15, -0.1) is 11.8 Å². The Hall–Kier alpha value is -0.510. The molecule has 0 bridgehead atoms. The van der Waals surface area contributed by atoms with Gasteiger partial charge >= 0.3 is 0 Å². The van der Waals surface area contributed by atoms with E-state index in [1.807, 2.05) is 11.8 Å². The number of rotatable bonds is 9. The van der Waals surface area contributed by atoms with E-state index in [4.69, 9.17) is 0 Å². The summed E-state index contributed by atoms with van der Waals surface area (Å²) in [5.74, 6) is 1.20. The van der Waals surface area contributed by atoms with Crippen LogP contribution in [0.4, 0.5) is 0 Å². The van der Waals surface area contributed by atoms with Crippen LogP contribution in [0.3, 0.4) is 0 Å². The molecular weight excluding hydrogens is 252 g/mol. The number of benzene rings is 1. The van der Waals surface area contributed by atoms with Crippen molar-refractivity contribution in [3.8, 4) is 0 Å². The van der Waals surface area contributed by atoms with Crippen molar-refractivity contribution in [1.29, 1.82) is 0 Å². The average molecular weight is 280 g/mol. The van der Waals surface area contributed by atoms with Gasteiger partial charge in [0, 0.05) is 10.9 Å². The summed E-state index contributed by atoms with van der Waals surface area (Å²) < 4.78 is 0. The maximum absolute atomic E-state index is 3.52. The highest BCUT2D eigenvalue weighted by atomic mass is 32.2. The summed E-state index contributed by atoms with van der Waals surface area (Å²) in [6.07, 6.45) is 2.43. The molecule has 0 spiro atoms. The summed E-state index contributed by atoms with van der Waals surface area (Å²) in [5.41, 5.74) is 1.38. The van der Waals surface area contributed by atoms with Crippen molar-refractivity contribution in [2.75, 3.05) is 32.9 Å². The molecule has 0 aliphatic heterocycles. The fraction of sp³-hybridized carbons (Fsp3) is 0.625. The van der Waals surface area contributed by atoms with Crippen LogP contribution in [0.15, 0.2) is 29.2 Å². The Balaban J connectivity index is 2.34. The normalized spacial score (nSPS) is 12.9. The van der Waals surface area contributed by atoms with Crippen LogP contribution in [0.2, 0.25) is 0 Å². The molecule has 3 heteroatoms. The van der Waals surface area contributed by atoms with Crippen LogP contribution in [0.25, 0.3) is 0 Å². The van der Waals surface area contributed by atoms with E-state index < -0.39 is 0 Å². The minimum Gasteiger partial charge on any atom is -0.310 e. The van der Waals surface area contributed by atoms with E-state index in [1.165, 1.54) is 35.6 Å². The van der Waals surface area contributed by atoms with Crippen molar-refractivity contribution in [1.82, 2.24) is 10.2 Å². The van der Waals surface area contributed by atoms with Crippen LogP contribution in [0.1, 0.15) is 38.3 Å². The predicted octanol–water partition coefficient (Wildman–Crippen LogP) is 3.79. The summed E-state index contributed by atoms with van der Waals surface area (Å²) >= 11 is 1.95. The Morgan fingerprint density at radius 2 is 1.89 bits per heavy atom. The predicted molar refractivity (Wildman–Crippen MR) is 87.0 cm³/mol. The first-order chi connectivity index (χ1) is 9.13. The van der Waals surface area contributed by atoms with Gasteiger partial charge in [-0.05, 0) is 70.4 Å². The molecule has 1 rings (SSSR count). The van der Waals surface area contributed by atoms with Gasteiger partial charge in [0.05, 0.1) is 0 Å². The number of hydrogen-bond donors (Lipinski definition) is 1. The number of thioether (sulfide) groups is 1. The van der Waals surface area contributed by atoms with Gasteiger partial charge in [-0.2, -0.15) is 0 Å². The van der Waals surface area contributed by atoms with E-state index in [1.54, 1.807) is 0 Å². The van der Waals surface area contributed by atoms with Crippen LogP contribution in [0, 0.1) is 0 Å². The Kier molecular flexibility index (Phi) is 8.19. The lowest BCUT2D eigenvalue weighted by Gasteiger charge is -2.14. The SMILES string of the molecule is CCCNC(C)c1ccc(SCCCN(C)C)cc1. The first kappa shape index (κ1) is 16.5. The molecule has 0 aromatic heterocycles. The number of nitrogens with zero attached hydrogens (tertiary/aromatic N) is 1. The second-order valence-corrected chi connectivity index (χ2v) is 6.42. The molecule has 1 aromatic carbocycles. The first-order valence-electron chi connectivity index (χ1n) is 7.24. The van der Waals surface area contributed by atoms with Gasteiger partial charge in [0.25, 0.3) is 0 Å².